The second-order valence-electron chi connectivity index (χ2n) is 4.38. The highest BCUT2D eigenvalue weighted by atomic mass is 16.5. The predicted octanol–water partition coefficient (Wildman–Crippen LogP) is 1.49. The quantitative estimate of drug-likeness (QED) is 0.832. The summed E-state index contributed by atoms with van der Waals surface area (Å²) in [6.45, 7) is 3.61. The van der Waals surface area contributed by atoms with Crippen molar-refractivity contribution in [3.05, 3.63) is 35.4 Å². The van der Waals surface area contributed by atoms with Gasteiger partial charge in [-0.2, -0.15) is 5.26 Å². The Labute approximate surface area is 112 Å². The Kier molecular flexibility index (Phi) is 5.07. The Morgan fingerprint density at radius 1 is 1.32 bits per heavy atom. The Balaban J connectivity index is 2.95. The van der Waals surface area contributed by atoms with E-state index in [0.29, 0.717) is 0 Å². The number of amides is 1. The molecule has 0 unspecified atom stereocenters. The molecule has 1 amide bonds. The van der Waals surface area contributed by atoms with E-state index in [0.717, 1.165) is 0 Å². The lowest BCUT2D eigenvalue weighted by molar-refractivity contribution is -0.144. The van der Waals surface area contributed by atoms with Gasteiger partial charge >= 0.3 is 5.97 Å². The third kappa shape index (κ3) is 3.55. The van der Waals surface area contributed by atoms with E-state index < -0.39 is 17.9 Å². The molecular formula is C14H16N2O3. The van der Waals surface area contributed by atoms with Gasteiger partial charge in [-0.3, -0.25) is 4.79 Å². The van der Waals surface area contributed by atoms with Crippen molar-refractivity contribution < 1.29 is 14.3 Å². The third-order valence-corrected chi connectivity index (χ3v) is 2.70. The van der Waals surface area contributed by atoms with E-state index in [-0.39, 0.29) is 17.0 Å². The van der Waals surface area contributed by atoms with E-state index in [9.17, 15) is 9.59 Å². The van der Waals surface area contributed by atoms with Crippen molar-refractivity contribution >= 4 is 11.9 Å². The van der Waals surface area contributed by atoms with Crippen molar-refractivity contribution in [3.63, 3.8) is 0 Å². The van der Waals surface area contributed by atoms with Gasteiger partial charge in [0.1, 0.15) is 6.04 Å². The van der Waals surface area contributed by atoms with Crippen LogP contribution in [0.2, 0.25) is 0 Å². The lowest BCUT2D eigenvalue weighted by Crippen LogP contribution is -2.45. The smallest absolute Gasteiger partial charge is 0.328 e. The first kappa shape index (κ1) is 14.7. The number of carbonyl (C=O) groups is 2. The molecule has 1 aromatic carbocycles. The molecule has 0 aromatic heterocycles. The van der Waals surface area contributed by atoms with E-state index in [1.807, 2.05) is 6.07 Å². The molecule has 1 N–H and O–H groups in total. The fourth-order valence-electron chi connectivity index (χ4n) is 1.62. The molecule has 5 heteroatoms. The molecule has 100 valence electrons. The van der Waals surface area contributed by atoms with Crippen molar-refractivity contribution in [1.29, 1.82) is 5.26 Å². The van der Waals surface area contributed by atoms with Crippen molar-refractivity contribution in [2.24, 2.45) is 5.92 Å². The maximum absolute atomic E-state index is 12.1. The molecule has 0 spiro atoms. The van der Waals surface area contributed by atoms with E-state index in [4.69, 9.17) is 5.26 Å². The molecule has 0 heterocycles. The summed E-state index contributed by atoms with van der Waals surface area (Å²) in [4.78, 5) is 23.7. The van der Waals surface area contributed by atoms with Gasteiger partial charge in [0.15, 0.2) is 0 Å². The number of rotatable bonds is 4. The summed E-state index contributed by atoms with van der Waals surface area (Å²) >= 11 is 0. The van der Waals surface area contributed by atoms with Gasteiger partial charge in [-0.05, 0) is 18.1 Å². The van der Waals surface area contributed by atoms with E-state index in [1.165, 1.54) is 7.11 Å². The first-order valence-electron chi connectivity index (χ1n) is 5.89. The predicted molar refractivity (Wildman–Crippen MR) is 69.3 cm³/mol. The zero-order valence-corrected chi connectivity index (χ0v) is 11.1. The summed E-state index contributed by atoms with van der Waals surface area (Å²) < 4.78 is 4.65. The van der Waals surface area contributed by atoms with Gasteiger partial charge in [-0.1, -0.05) is 26.0 Å². The van der Waals surface area contributed by atoms with Crippen LogP contribution in [-0.2, 0) is 9.53 Å². The van der Waals surface area contributed by atoms with Crippen LogP contribution in [0.25, 0.3) is 0 Å². The minimum absolute atomic E-state index is 0.106. The molecule has 0 bridgehead atoms. The number of esters is 1. The zero-order chi connectivity index (χ0) is 14.4. The number of ether oxygens (including phenoxy) is 1. The van der Waals surface area contributed by atoms with Crippen LogP contribution in [0, 0.1) is 17.2 Å². The molecule has 1 aromatic rings. The monoisotopic (exact) mass is 260 g/mol. The highest BCUT2D eigenvalue weighted by Crippen LogP contribution is 2.10. The number of nitrogens with one attached hydrogen (secondary N) is 1. The lowest BCUT2D eigenvalue weighted by Gasteiger charge is -2.20. The number of carbonyl (C=O) groups excluding carboxylic acids is 2. The van der Waals surface area contributed by atoms with Crippen LogP contribution in [-0.4, -0.2) is 25.0 Å². The Morgan fingerprint density at radius 2 is 1.95 bits per heavy atom. The molecule has 0 saturated carbocycles. The Hall–Kier alpha value is -2.35. The Bertz CT molecular complexity index is 518. The maximum Gasteiger partial charge on any atom is 0.328 e. The van der Waals surface area contributed by atoms with Crippen LogP contribution in [0.1, 0.15) is 29.8 Å². The van der Waals surface area contributed by atoms with Gasteiger partial charge in [0, 0.05) is 0 Å². The molecule has 0 aliphatic rings. The molecule has 0 saturated heterocycles. The van der Waals surface area contributed by atoms with Crippen LogP contribution in [0.4, 0.5) is 0 Å². The maximum atomic E-state index is 12.1. The second-order valence-corrected chi connectivity index (χ2v) is 4.38. The molecule has 5 nitrogen and oxygen atoms in total. The van der Waals surface area contributed by atoms with E-state index in [1.54, 1.807) is 38.1 Å². The van der Waals surface area contributed by atoms with E-state index >= 15 is 0 Å². The summed E-state index contributed by atoms with van der Waals surface area (Å²) in [7, 11) is 1.27. The summed E-state index contributed by atoms with van der Waals surface area (Å²) in [5.74, 6) is -1.07. The van der Waals surface area contributed by atoms with Gasteiger partial charge in [0.25, 0.3) is 5.91 Å². The number of benzene rings is 1. The minimum atomic E-state index is -0.732. The molecule has 1 atom stereocenters. The lowest BCUT2D eigenvalue weighted by atomic mass is 10.0. The molecule has 0 fully saturated rings. The van der Waals surface area contributed by atoms with Gasteiger partial charge in [0.05, 0.1) is 24.3 Å². The van der Waals surface area contributed by atoms with Crippen LogP contribution >= 0.6 is 0 Å². The highest BCUT2D eigenvalue weighted by Gasteiger charge is 2.26. The average molecular weight is 260 g/mol. The topological polar surface area (TPSA) is 79.2 Å². The summed E-state index contributed by atoms with van der Waals surface area (Å²) in [5, 5.41) is 11.5. The second kappa shape index (κ2) is 6.55. The SMILES string of the molecule is COC(=O)[C@@H](NC(=O)c1ccccc1C#N)C(C)C. The van der Waals surface area contributed by atoms with Crippen molar-refractivity contribution in [2.45, 2.75) is 19.9 Å². The Morgan fingerprint density at radius 3 is 2.47 bits per heavy atom. The summed E-state index contributed by atoms with van der Waals surface area (Å²) in [6, 6.07) is 7.65. The molecular weight excluding hydrogens is 244 g/mol. The van der Waals surface area contributed by atoms with Crippen LogP contribution in [0.3, 0.4) is 0 Å². The fourth-order valence-corrected chi connectivity index (χ4v) is 1.62. The first-order chi connectivity index (χ1) is 9.01. The largest absolute Gasteiger partial charge is 0.467 e. The number of hydrogen-bond donors (Lipinski definition) is 1. The van der Waals surface area contributed by atoms with Gasteiger partial charge in [-0.25, -0.2) is 4.79 Å². The number of nitriles is 1. The van der Waals surface area contributed by atoms with Crippen LogP contribution < -0.4 is 5.32 Å². The molecule has 0 aliphatic heterocycles. The van der Waals surface area contributed by atoms with Crippen molar-refractivity contribution in [3.8, 4) is 6.07 Å². The number of methoxy groups -OCH3 is 1. The van der Waals surface area contributed by atoms with E-state index in [2.05, 4.69) is 10.1 Å². The first-order valence-corrected chi connectivity index (χ1v) is 5.89. The molecule has 0 radical (unpaired) electrons. The average Bonchev–Trinajstić information content (AvgIpc) is 2.43. The molecule has 19 heavy (non-hydrogen) atoms. The fraction of sp³-hybridized carbons (Fsp3) is 0.357. The van der Waals surface area contributed by atoms with Crippen molar-refractivity contribution in [2.75, 3.05) is 7.11 Å². The summed E-state index contributed by atoms with van der Waals surface area (Å²) in [5.41, 5.74) is 0.520. The minimum Gasteiger partial charge on any atom is -0.467 e. The highest BCUT2D eigenvalue weighted by molar-refractivity contribution is 5.98. The summed E-state index contributed by atoms with van der Waals surface area (Å²) in [6.07, 6.45) is 0. The van der Waals surface area contributed by atoms with Gasteiger partial charge < -0.3 is 10.1 Å². The van der Waals surface area contributed by atoms with Crippen LogP contribution in [0.15, 0.2) is 24.3 Å². The molecule has 0 aliphatic carbocycles. The normalized spacial score (nSPS) is 11.5. The third-order valence-electron chi connectivity index (χ3n) is 2.70. The standard InChI is InChI=1S/C14H16N2O3/c1-9(2)12(14(18)19-3)16-13(17)11-7-5-4-6-10(11)8-15/h4-7,9,12H,1-3H3,(H,16,17)/t12-/m0/s1. The van der Waals surface area contributed by atoms with Crippen molar-refractivity contribution in [1.82, 2.24) is 5.32 Å². The number of hydrogen-bond acceptors (Lipinski definition) is 4. The van der Waals surface area contributed by atoms with Gasteiger partial charge in [-0.15, -0.1) is 0 Å². The van der Waals surface area contributed by atoms with Gasteiger partial charge in [0.2, 0.25) is 0 Å². The number of nitrogens with zero attached hydrogens (tertiary/aromatic N) is 1. The van der Waals surface area contributed by atoms with Crippen LogP contribution in [0.5, 0.6) is 0 Å². The molecule has 1 rings (SSSR count). The zero-order valence-electron chi connectivity index (χ0n) is 11.1.